The lowest BCUT2D eigenvalue weighted by molar-refractivity contribution is -0.143. The van der Waals surface area contributed by atoms with Gasteiger partial charge in [0.25, 0.3) is 0 Å². The van der Waals surface area contributed by atoms with Gasteiger partial charge in [-0.05, 0) is 37.5 Å². The smallest absolute Gasteiger partial charge is 0.244 e. The predicted molar refractivity (Wildman–Crippen MR) is 128 cm³/mol. The lowest BCUT2D eigenvalue weighted by Crippen LogP contribution is -2.58. The Labute approximate surface area is 201 Å². The Kier molecular flexibility index (Phi) is 7.77. The number of carbonyl (C=O) groups excluding carboxylic acids is 2. The molecule has 1 N–H and O–H groups in total. The highest BCUT2D eigenvalue weighted by molar-refractivity contribution is 7.89. The molecule has 9 heteroatoms. The fourth-order valence-electron chi connectivity index (χ4n) is 4.07. The molecule has 1 heterocycles. The SMILES string of the molecule is CC(C)[C@H](NS(=O)(=O)c1ccccc1F)C(=O)N1CCN(C(=O)C(C)(C)c2ccccc2)CC1. The van der Waals surface area contributed by atoms with Crippen molar-refractivity contribution in [2.24, 2.45) is 5.92 Å². The molecule has 1 atom stereocenters. The largest absolute Gasteiger partial charge is 0.338 e. The second-order valence-electron chi connectivity index (χ2n) is 9.38. The van der Waals surface area contributed by atoms with Crippen molar-refractivity contribution >= 4 is 21.8 Å². The van der Waals surface area contributed by atoms with Gasteiger partial charge < -0.3 is 9.80 Å². The molecule has 2 aromatic rings. The van der Waals surface area contributed by atoms with Crippen LogP contribution in [0.3, 0.4) is 0 Å². The first-order valence-corrected chi connectivity index (χ1v) is 12.8. The summed E-state index contributed by atoms with van der Waals surface area (Å²) in [4.78, 5) is 29.3. The second-order valence-corrected chi connectivity index (χ2v) is 11.1. The van der Waals surface area contributed by atoms with Crippen LogP contribution in [0.5, 0.6) is 0 Å². The van der Waals surface area contributed by atoms with Crippen molar-refractivity contribution in [3.05, 3.63) is 66.0 Å². The number of halogens is 1. The molecular weight excluding hydrogens is 457 g/mol. The number of nitrogens with zero attached hydrogens (tertiary/aromatic N) is 2. The summed E-state index contributed by atoms with van der Waals surface area (Å²) in [7, 11) is -4.23. The Bertz CT molecular complexity index is 1130. The van der Waals surface area contributed by atoms with E-state index in [1.807, 2.05) is 44.2 Å². The van der Waals surface area contributed by atoms with Crippen molar-refractivity contribution in [1.82, 2.24) is 14.5 Å². The minimum atomic E-state index is -4.23. The highest BCUT2D eigenvalue weighted by atomic mass is 32.2. The standard InChI is InChI=1S/C25H32FN3O4S/c1-18(2)22(27-34(32,33)21-13-9-8-12-20(21)26)23(30)28-14-16-29(17-15-28)24(31)25(3,4)19-10-6-5-7-11-19/h5-13,18,22,27H,14-17H2,1-4H3/t22-/m0/s1. The molecule has 0 radical (unpaired) electrons. The summed E-state index contributed by atoms with van der Waals surface area (Å²) >= 11 is 0. The van der Waals surface area contributed by atoms with E-state index in [1.165, 1.54) is 18.2 Å². The van der Waals surface area contributed by atoms with Crippen molar-refractivity contribution in [3.63, 3.8) is 0 Å². The van der Waals surface area contributed by atoms with Crippen LogP contribution >= 0.6 is 0 Å². The zero-order chi connectivity index (χ0) is 25.1. The van der Waals surface area contributed by atoms with E-state index in [2.05, 4.69) is 4.72 Å². The highest BCUT2D eigenvalue weighted by Gasteiger charge is 2.38. The van der Waals surface area contributed by atoms with E-state index in [-0.39, 0.29) is 17.7 Å². The maximum atomic E-state index is 14.1. The molecule has 1 aliphatic rings. The second kappa shape index (κ2) is 10.2. The molecule has 0 unspecified atom stereocenters. The number of nitrogens with one attached hydrogen (secondary N) is 1. The van der Waals surface area contributed by atoms with Crippen molar-refractivity contribution in [1.29, 1.82) is 0 Å². The number of amides is 2. The van der Waals surface area contributed by atoms with Crippen LogP contribution in [0, 0.1) is 11.7 Å². The molecule has 0 saturated carbocycles. The molecule has 0 aromatic heterocycles. The number of sulfonamides is 1. The third-order valence-corrected chi connectivity index (χ3v) is 7.72. The quantitative estimate of drug-likeness (QED) is 0.648. The maximum Gasteiger partial charge on any atom is 0.244 e. The van der Waals surface area contributed by atoms with E-state index in [0.717, 1.165) is 11.6 Å². The zero-order valence-electron chi connectivity index (χ0n) is 20.0. The maximum absolute atomic E-state index is 14.1. The Morgan fingerprint density at radius 3 is 2.00 bits per heavy atom. The van der Waals surface area contributed by atoms with Gasteiger partial charge in [0, 0.05) is 26.2 Å². The van der Waals surface area contributed by atoms with Gasteiger partial charge in [-0.2, -0.15) is 4.72 Å². The van der Waals surface area contributed by atoms with Gasteiger partial charge in [-0.1, -0.05) is 56.3 Å². The van der Waals surface area contributed by atoms with E-state index >= 15 is 0 Å². The summed E-state index contributed by atoms with van der Waals surface area (Å²) in [5.74, 6) is -1.64. The van der Waals surface area contributed by atoms with E-state index in [4.69, 9.17) is 0 Å². The summed E-state index contributed by atoms with van der Waals surface area (Å²) in [6.07, 6.45) is 0. The zero-order valence-corrected chi connectivity index (χ0v) is 20.8. The Balaban J connectivity index is 1.68. The van der Waals surface area contributed by atoms with Crippen LogP contribution in [-0.4, -0.2) is 62.3 Å². The van der Waals surface area contributed by atoms with Crippen LogP contribution in [-0.2, 0) is 25.0 Å². The molecule has 3 rings (SSSR count). The normalized spacial score (nSPS) is 15.9. The van der Waals surface area contributed by atoms with Crippen LogP contribution in [0.15, 0.2) is 59.5 Å². The van der Waals surface area contributed by atoms with E-state index < -0.39 is 32.2 Å². The van der Waals surface area contributed by atoms with Gasteiger partial charge in [0.1, 0.15) is 16.8 Å². The van der Waals surface area contributed by atoms with Gasteiger partial charge in [-0.3, -0.25) is 9.59 Å². The van der Waals surface area contributed by atoms with E-state index in [1.54, 1.807) is 23.6 Å². The molecule has 1 aliphatic heterocycles. The average molecular weight is 490 g/mol. The average Bonchev–Trinajstić information content (AvgIpc) is 2.82. The number of hydrogen-bond acceptors (Lipinski definition) is 4. The Morgan fingerprint density at radius 2 is 1.44 bits per heavy atom. The number of carbonyl (C=O) groups is 2. The fraction of sp³-hybridized carbons (Fsp3) is 0.440. The lowest BCUT2D eigenvalue weighted by Gasteiger charge is -2.40. The molecule has 34 heavy (non-hydrogen) atoms. The molecule has 0 spiro atoms. The van der Waals surface area contributed by atoms with Gasteiger partial charge in [0.15, 0.2) is 0 Å². The Hall–Kier alpha value is -2.78. The molecule has 0 aliphatic carbocycles. The summed E-state index contributed by atoms with van der Waals surface area (Å²) in [5, 5.41) is 0. The van der Waals surface area contributed by atoms with Crippen molar-refractivity contribution in [3.8, 4) is 0 Å². The van der Waals surface area contributed by atoms with Gasteiger partial charge in [-0.15, -0.1) is 0 Å². The fourth-order valence-corrected chi connectivity index (χ4v) is 5.48. The topological polar surface area (TPSA) is 86.8 Å². The molecule has 184 valence electrons. The van der Waals surface area contributed by atoms with Gasteiger partial charge >= 0.3 is 0 Å². The summed E-state index contributed by atoms with van der Waals surface area (Å²) in [5.41, 5.74) is 0.212. The summed E-state index contributed by atoms with van der Waals surface area (Å²) in [6.45, 7) is 8.52. The van der Waals surface area contributed by atoms with Crippen molar-refractivity contribution < 1.29 is 22.4 Å². The van der Waals surface area contributed by atoms with Crippen LogP contribution in [0.1, 0.15) is 33.3 Å². The van der Waals surface area contributed by atoms with Crippen LogP contribution in [0.2, 0.25) is 0 Å². The van der Waals surface area contributed by atoms with E-state index in [0.29, 0.717) is 26.2 Å². The van der Waals surface area contributed by atoms with Crippen molar-refractivity contribution in [2.75, 3.05) is 26.2 Å². The van der Waals surface area contributed by atoms with Crippen LogP contribution in [0.25, 0.3) is 0 Å². The molecule has 7 nitrogen and oxygen atoms in total. The third kappa shape index (κ3) is 5.47. The number of piperazine rings is 1. The minimum Gasteiger partial charge on any atom is -0.338 e. The first kappa shape index (κ1) is 25.8. The first-order valence-electron chi connectivity index (χ1n) is 11.4. The van der Waals surface area contributed by atoms with Crippen molar-refractivity contribution in [2.45, 2.75) is 44.0 Å². The van der Waals surface area contributed by atoms with Crippen LogP contribution < -0.4 is 4.72 Å². The van der Waals surface area contributed by atoms with Crippen LogP contribution in [0.4, 0.5) is 4.39 Å². The van der Waals surface area contributed by atoms with Gasteiger partial charge in [-0.25, -0.2) is 12.8 Å². The Morgan fingerprint density at radius 1 is 0.912 bits per heavy atom. The van der Waals surface area contributed by atoms with Gasteiger partial charge in [0.05, 0.1) is 5.41 Å². The molecule has 1 saturated heterocycles. The minimum absolute atomic E-state index is 0.0218. The third-order valence-electron chi connectivity index (χ3n) is 6.25. The molecule has 1 fully saturated rings. The summed E-state index contributed by atoms with van der Waals surface area (Å²) in [6, 6.07) is 13.6. The highest BCUT2D eigenvalue weighted by Crippen LogP contribution is 2.26. The number of rotatable bonds is 7. The number of hydrogen-bond donors (Lipinski definition) is 1. The number of benzene rings is 2. The lowest BCUT2D eigenvalue weighted by atomic mass is 9.83. The first-order chi connectivity index (χ1) is 15.9. The molecule has 0 bridgehead atoms. The molecular formula is C25H32FN3O4S. The molecule has 2 aromatic carbocycles. The molecule has 2 amide bonds. The predicted octanol–water partition coefficient (Wildman–Crippen LogP) is 2.78. The van der Waals surface area contributed by atoms with E-state index in [9.17, 15) is 22.4 Å². The van der Waals surface area contributed by atoms with Gasteiger partial charge in [0.2, 0.25) is 21.8 Å². The summed E-state index contributed by atoms with van der Waals surface area (Å²) < 4.78 is 42.0. The monoisotopic (exact) mass is 489 g/mol.